The fraction of sp³-hybridized carbons (Fsp3) is 0.481. The van der Waals surface area contributed by atoms with Crippen molar-refractivity contribution in [2.24, 2.45) is 10.7 Å². The highest BCUT2D eigenvalue weighted by molar-refractivity contribution is 7.11. The van der Waals surface area contributed by atoms with Crippen molar-refractivity contribution in [3.8, 4) is 0 Å². The molecule has 0 radical (unpaired) electrons. The number of nitrogens with two attached hydrogens (primary N) is 1. The van der Waals surface area contributed by atoms with Gasteiger partial charge < -0.3 is 25.3 Å². The highest BCUT2D eigenvalue weighted by Gasteiger charge is 2.47. The van der Waals surface area contributed by atoms with Gasteiger partial charge in [-0.15, -0.1) is 11.3 Å². The minimum absolute atomic E-state index is 0.102. The fourth-order valence-electron chi connectivity index (χ4n) is 5.76. The lowest BCUT2D eigenvalue weighted by atomic mass is 9.77. The van der Waals surface area contributed by atoms with Gasteiger partial charge in [0.05, 0.1) is 38.9 Å². The molecule has 0 saturated carbocycles. The number of halogens is 2. The van der Waals surface area contributed by atoms with Crippen molar-refractivity contribution in [2.75, 3.05) is 33.5 Å². The molecule has 0 amide bonds. The fourth-order valence-corrected chi connectivity index (χ4v) is 6.61. The number of morpholine rings is 1. The average molecular weight is 592 g/mol. The quantitative estimate of drug-likeness (QED) is 0.445. The predicted octanol–water partition coefficient (Wildman–Crippen LogP) is 2.97. The minimum atomic E-state index is -0.853. The number of aromatic nitrogens is 1. The highest BCUT2D eigenvalue weighted by atomic mass is 35.5. The number of thiazole rings is 1. The number of nitrogens with zero attached hydrogens (tertiary/aromatic N) is 3. The van der Waals surface area contributed by atoms with Crippen LogP contribution in [-0.4, -0.2) is 78.8 Å². The molecule has 1 aromatic heterocycles. The molecule has 5 rings (SSSR count). The molecule has 2 aromatic rings. The van der Waals surface area contributed by atoms with Crippen molar-refractivity contribution in [1.82, 2.24) is 15.2 Å². The summed E-state index contributed by atoms with van der Waals surface area (Å²) in [5.74, 6) is -0.920. The third kappa shape index (κ3) is 5.91. The molecule has 13 heteroatoms. The molecule has 2 bridgehead atoms. The first-order chi connectivity index (χ1) is 19.2. The molecule has 2 fully saturated rings. The Kier molecular flexibility index (Phi) is 8.52. The summed E-state index contributed by atoms with van der Waals surface area (Å²) in [7, 11) is 1.30. The van der Waals surface area contributed by atoms with Crippen molar-refractivity contribution >= 4 is 40.7 Å². The maximum atomic E-state index is 13.9. The van der Waals surface area contributed by atoms with Crippen molar-refractivity contribution in [2.45, 2.75) is 49.9 Å². The van der Waals surface area contributed by atoms with Gasteiger partial charge in [0.25, 0.3) is 0 Å². The zero-order valence-corrected chi connectivity index (χ0v) is 23.8. The molecule has 0 spiro atoms. The molecule has 214 valence electrons. The Morgan fingerprint density at radius 3 is 2.70 bits per heavy atom. The second kappa shape index (κ2) is 11.9. The van der Waals surface area contributed by atoms with E-state index in [0.717, 1.165) is 0 Å². The van der Waals surface area contributed by atoms with Crippen LogP contribution in [-0.2, 0) is 23.8 Å². The van der Waals surface area contributed by atoms with Gasteiger partial charge >= 0.3 is 11.9 Å². The average Bonchev–Trinajstić information content (AvgIpc) is 3.44. The summed E-state index contributed by atoms with van der Waals surface area (Å²) in [5.41, 5.74) is 7.32. The number of esters is 2. The van der Waals surface area contributed by atoms with Gasteiger partial charge in [-0.3, -0.25) is 14.7 Å². The van der Waals surface area contributed by atoms with E-state index in [0.29, 0.717) is 61.3 Å². The summed E-state index contributed by atoms with van der Waals surface area (Å²) in [6, 6.07) is 2.95. The largest absolute Gasteiger partial charge is 0.466 e. The Labute approximate surface area is 240 Å². The summed E-state index contributed by atoms with van der Waals surface area (Å²) in [6.07, 6.45) is 2.83. The van der Waals surface area contributed by atoms with E-state index >= 15 is 0 Å². The van der Waals surface area contributed by atoms with Gasteiger partial charge in [0.2, 0.25) is 0 Å². The van der Waals surface area contributed by atoms with E-state index in [1.54, 1.807) is 13.1 Å². The number of hydrogen-bond acceptors (Lipinski definition) is 11. The van der Waals surface area contributed by atoms with Crippen LogP contribution in [0.3, 0.4) is 0 Å². The zero-order valence-electron chi connectivity index (χ0n) is 22.2. The number of carbonyl (C=O) groups is 2. The van der Waals surface area contributed by atoms with E-state index < -0.39 is 23.4 Å². The van der Waals surface area contributed by atoms with Crippen molar-refractivity contribution in [3.63, 3.8) is 0 Å². The van der Waals surface area contributed by atoms with Gasteiger partial charge in [-0.05, 0) is 31.9 Å². The Morgan fingerprint density at radius 1 is 1.32 bits per heavy atom. The highest BCUT2D eigenvalue weighted by Crippen LogP contribution is 2.39. The van der Waals surface area contributed by atoms with Crippen LogP contribution in [0.2, 0.25) is 5.02 Å². The van der Waals surface area contributed by atoms with Crippen LogP contribution in [0.5, 0.6) is 0 Å². The monoisotopic (exact) mass is 591 g/mol. The first kappa shape index (κ1) is 28.6. The summed E-state index contributed by atoms with van der Waals surface area (Å²) >= 11 is 7.86. The first-order valence-electron chi connectivity index (χ1n) is 13.0. The Bertz CT molecular complexity index is 1320. The third-order valence-corrected chi connectivity index (χ3v) is 8.52. The smallest absolute Gasteiger partial charge is 0.338 e. The molecule has 4 heterocycles. The van der Waals surface area contributed by atoms with E-state index in [-0.39, 0.29) is 35.1 Å². The van der Waals surface area contributed by atoms with Crippen LogP contribution in [0.1, 0.15) is 42.8 Å². The number of hydrogen-bond donors (Lipinski definition) is 2. The van der Waals surface area contributed by atoms with Crippen molar-refractivity contribution < 1.29 is 28.2 Å². The number of nitrogens with one attached hydrogen (secondary N) is 1. The minimum Gasteiger partial charge on any atom is -0.466 e. The van der Waals surface area contributed by atoms with E-state index in [9.17, 15) is 14.0 Å². The van der Waals surface area contributed by atoms with Crippen molar-refractivity contribution in [1.29, 1.82) is 0 Å². The van der Waals surface area contributed by atoms with Gasteiger partial charge in [-0.1, -0.05) is 17.7 Å². The number of fused-ring (bicyclic) bond motifs is 2. The second-order valence-corrected chi connectivity index (χ2v) is 11.5. The molecule has 10 nitrogen and oxygen atoms in total. The van der Waals surface area contributed by atoms with E-state index in [2.05, 4.69) is 15.2 Å². The second-order valence-electron chi connectivity index (χ2n) is 10.2. The van der Waals surface area contributed by atoms with Crippen LogP contribution in [0, 0.1) is 5.82 Å². The number of ether oxygens (including phenoxy) is 3. The van der Waals surface area contributed by atoms with Gasteiger partial charge in [-0.25, -0.2) is 14.2 Å². The molecular formula is C27H31ClFN5O5S. The lowest BCUT2D eigenvalue weighted by Crippen LogP contribution is -2.65. The maximum absolute atomic E-state index is 13.9. The lowest BCUT2D eigenvalue weighted by molar-refractivity contribution is -0.147. The number of carbonyl (C=O) groups excluding carboxylic acids is 2. The topological polar surface area (TPSA) is 128 Å². The molecule has 3 aliphatic rings. The summed E-state index contributed by atoms with van der Waals surface area (Å²) in [5, 5.41) is 5.93. The van der Waals surface area contributed by atoms with Crippen molar-refractivity contribution in [3.05, 3.63) is 62.5 Å². The molecule has 2 saturated heterocycles. The lowest BCUT2D eigenvalue weighted by Gasteiger charge is -2.52. The Morgan fingerprint density at radius 2 is 2.08 bits per heavy atom. The molecular weight excluding hydrogens is 561 g/mol. The number of benzene rings is 1. The van der Waals surface area contributed by atoms with Crippen LogP contribution in [0.15, 0.2) is 46.0 Å². The predicted molar refractivity (Wildman–Crippen MR) is 147 cm³/mol. The molecule has 3 aliphatic heterocycles. The van der Waals surface area contributed by atoms with Gasteiger partial charge in [-0.2, -0.15) is 0 Å². The number of methoxy groups -OCH3 is 1. The summed E-state index contributed by atoms with van der Waals surface area (Å²) in [6.45, 7) is 3.26. The van der Waals surface area contributed by atoms with Gasteiger partial charge in [0.1, 0.15) is 11.9 Å². The number of piperidine rings is 1. The van der Waals surface area contributed by atoms with E-state index in [1.165, 1.54) is 36.6 Å². The number of aliphatic imine (C=N–C) groups is 1. The van der Waals surface area contributed by atoms with Crippen LogP contribution in [0.4, 0.5) is 4.39 Å². The molecule has 0 aliphatic carbocycles. The summed E-state index contributed by atoms with van der Waals surface area (Å²) in [4.78, 5) is 37.0. The first-order valence-corrected chi connectivity index (χ1v) is 14.3. The van der Waals surface area contributed by atoms with E-state index in [1.807, 2.05) is 5.38 Å². The normalized spacial score (nSPS) is 26.6. The number of amidine groups is 1. The molecule has 2 unspecified atom stereocenters. The SMILES string of the molecule is CCOC(=O)CC1(N)CC2COCC(C1)N2CC1=C(C(=O)OC)[C@H](c2ccc(F)cc2Cl)N=C(c2nccs2)N1. The third-order valence-electron chi connectivity index (χ3n) is 7.41. The maximum Gasteiger partial charge on any atom is 0.338 e. The van der Waals surface area contributed by atoms with Gasteiger partial charge in [0.15, 0.2) is 10.8 Å². The standard InChI is InChI=1S/C27H31ClFN5O5S/c1-3-39-21(35)11-27(30)9-16-13-38-14-17(10-27)34(16)12-20-22(26(36)37-2)23(18-5-4-15(29)8-19(18)28)33-24(32-20)25-31-6-7-40-25/h4-8,16-17,23H,3,9-14,30H2,1-2H3,(H,32,33)/t16?,17?,23-,27?/m0/s1. The molecule has 40 heavy (non-hydrogen) atoms. The Balaban J connectivity index is 1.52. The van der Waals surface area contributed by atoms with E-state index in [4.69, 9.17) is 36.5 Å². The van der Waals surface area contributed by atoms with Crippen LogP contribution in [0.25, 0.3) is 0 Å². The summed E-state index contributed by atoms with van der Waals surface area (Å²) < 4.78 is 30.2. The van der Waals surface area contributed by atoms with Crippen LogP contribution >= 0.6 is 22.9 Å². The Hall–Kier alpha value is -2.90. The van der Waals surface area contributed by atoms with Crippen LogP contribution < -0.4 is 11.1 Å². The molecule has 3 N–H and O–H groups in total. The molecule has 3 atom stereocenters. The zero-order chi connectivity index (χ0) is 28.4. The number of rotatable bonds is 8. The molecule has 1 aromatic carbocycles. The van der Waals surface area contributed by atoms with Gasteiger partial charge in [0, 0.05) is 52.0 Å².